The average molecular weight is 321 g/mol. The van der Waals surface area contributed by atoms with Crippen LogP contribution in [0.4, 0.5) is 11.8 Å². The summed E-state index contributed by atoms with van der Waals surface area (Å²) < 4.78 is 10.3. The third kappa shape index (κ3) is 3.89. The minimum Gasteiger partial charge on any atom is -0.378 e. The fourth-order valence-corrected chi connectivity index (χ4v) is 2.83. The van der Waals surface area contributed by atoms with Gasteiger partial charge in [0.2, 0.25) is 11.9 Å². The largest absolute Gasteiger partial charge is 0.378 e. The molecule has 0 saturated carbocycles. The highest BCUT2D eigenvalue weighted by molar-refractivity contribution is 5.77. The van der Waals surface area contributed by atoms with Gasteiger partial charge in [0.15, 0.2) is 0 Å². The SMILES string of the molecule is COCC(=O)N1CCN(c2ccnc(N3CCOCC3)n2)CC1. The second-order valence-corrected chi connectivity index (χ2v) is 5.62. The second-order valence-electron chi connectivity index (χ2n) is 5.62. The predicted molar refractivity (Wildman–Crippen MR) is 85.7 cm³/mol. The number of methoxy groups -OCH3 is 1. The van der Waals surface area contributed by atoms with Crippen LogP contribution in [0.2, 0.25) is 0 Å². The molecule has 1 aromatic heterocycles. The van der Waals surface area contributed by atoms with E-state index < -0.39 is 0 Å². The summed E-state index contributed by atoms with van der Waals surface area (Å²) in [6, 6.07) is 1.93. The van der Waals surface area contributed by atoms with Crippen molar-refractivity contribution in [1.82, 2.24) is 14.9 Å². The molecule has 0 aliphatic carbocycles. The van der Waals surface area contributed by atoms with Crippen molar-refractivity contribution in [2.75, 3.05) is 76.0 Å². The summed E-state index contributed by atoms with van der Waals surface area (Å²) in [5.74, 6) is 1.72. The zero-order chi connectivity index (χ0) is 16.1. The summed E-state index contributed by atoms with van der Waals surface area (Å²) in [6.45, 7) is 6.16. The summed E-state index contributed by atoms with van der Waals surface area (Å²) >= 11 is 0. The zero-order valence-electron chi connectivity index (χ0n) is 13.5. The Labute approximate surface area is 136 Å². The maximum atomic E-state index is 11.8. The van der Waals surface area contributed by atoms with Gasteiger partial charge in [-0.05, 0) is 6.07 Å². The van der Waals surface area contributed by atoms with E-state index in [9.17, 15) is 4.79 Å². The van der Waals surface area contributed by atoms with Crippen molar-refractivity contribution in [2.24, 2.45) is 0 Å². The first-order valence-corrected chi connectivity index (χ1v) is 7.95. The molecule has 0 spiro atoms. The maximum absolute atomic E-state index is 11.8. The van der Waals surface area contributed by atoms with Crippen LogP contribution < -0.4 is 9.80 Å². The molecule has 0 unspecified atom stereocenters. The molecule has 126 valence electrons. The summed E-state index contributed by atoms with van der Waals surface area (Å²) in [5, 5.41) is 0. The highest BCUT2D eigenvalue weighted by atomic mass is 16.5. The molecule has 0 N–H and O–H groups in total. The number of piperazine rings is 1. The number of morpholine rings is 1. The number of carbonyl (C=O) groups is 1. The van der Waals surface area contributed by atoms with Crippen molar-refractivity contribution in [1.29, 1.82) is 0 Å². The van der Waals surface area contributed by atoms with Crippen LogP contribution >= 0.6 is 0 Å². The van der Waals surface area contributed by atoms with E-state index in [0.717, 1.165) is 37.9 Å². The summed E-state index contributed by atoms with van der Waals surface area (Å²) in [6.07, 6.45) is 1.80. The number of hydrogen-bond donors (Lipinski definition) is 0. The van der Waals surface area contributed by atoms with E-state index in [1.807, 2.05) is 11.0 Å². The Balaban J connectivity index is 1.61. The van der Waals surface area contributed by atoms with Gasteiger partial charge in [0, 0.05) is 52.6 Å². The van der Waals surface area contributed by atoms with E-state index in [0.29, 0.717) is 26.3 Å². The Morgan fingerprint density at radius 2 is 1.91 bits per heavy atom. The quantitative estimate of drug-likeness (QED) is 0.748. The van der Waals surface area contributed by atoms with Crippen molar-refractivity contribution in [3.8, 4) is 0 Å². The molecule has 2 aliphatic rings. The van der Waals surface area contributed by atoms with Crippen LogP contribution in [0.1, 0.15) is 0 Å². The van der Waals surface area contributed by atoms with Crippen molar-refractivity contribution >= 4 is 17.7 Å². The average Bonchev–Trinajstić information content (AvgIpc) is 2.63. The molecule has 2 aliphatic heterocycles. The number of aromatic nitrogens is 2. The molecule has 1 aromatic rings. The van der Waals surface area contributed by atoms with Gasteiger partial charge >= 0.3 is 0 Å². The van der Waals surface area contributed by atoms with Gasteiger partial charge in [-0.1, -0.05) is 0 Å². The van der Waals surface area contributed by atoms with E-state index in [2.05, 4.69) is 19.8 Å². The molecule has 23 heavy (non-hydrogen) atoms. The number of anilines is 2. The molecule has 0 atom stereocenters. The minimum absolute atomic E-state index is 0.0452. The molecule has 0 aromatic carbocycles. The number of nitrogens with zero attached hydrogens (tertiary/aromatic N) is 5. The smallest absolute Gasteiger partial charge is 0.248 e. The number of amides is 1. The van der Waals surface area contributed by atoms with Crippen LogP contribution in [0.25, 0.3) is 0 Å². The van der Waals surface area contributed by atoms with Gasteiger partial charge in [-0.2, -0.15) is 4.98 Å². The third-order valence-electron chi connectivity index (χ3n) is 4.15. The lowest BCUT2D eigenvalue weighted by atomic mass is 10.3. The van der Waals surface area contributed by atoms with Crippen LogP contribution in [0.3, 0.4) is 0 Å². The first-order chi connectivity index (χ1) is 11.3. The molecule has 3 heterocycles. The van der Waals surface area contributed by atoms with Gasteiger partial charge in [-0.25, -0.2) is 4.98 Å². The number of hydrogen-bond acceptors (Lipinski definition) is 7. The van der Waals surface area contributed by atoms with Crippen molar-refractivity contribution < 1.29 is 14.3 Å². The Kier molecular flexibility index (Phi) is 5.24. The fraction of sp³-hybridized carbons (Fsp3) is 0.667. The number of ether oxygens (including phenoxy) is 2. The standard InChI is InChI=1S/C15H23N5O3/c1-22-12-14(21)19-6-4-18(5-7-19)13-2-3-16-15(17-13)20-8-10-23-11-9-20/h2-3H,4-12H2,1H3. The molecule has 2 fully saturated rings. The molecule has 1 amide bonds. The van der Waals surface area contributed by atoms with E-state index in [1.54, 1.807) is 13.3 Å². The van der Waals surface area contributed by atoms with E-state index in [-0.39, 0.29) is 12.5 Å². The molecule has 3 rings (SSSR count). The lowest BCUT2D eigenvalue weighted by Crippen LogP contribution is -2.50. The van der Waals surface area contributed by atoms with Crippen LogP contribution in [-0.2, 0) is 14.3 Å². The van der Waals surface area contributed by atoms with Gasteiger partial charge in [-0.3, -0.25) is 4.79 Å². The van der Waals surface area contributed by atoms with Gasteiger partial charge < -0.3 is 24.2 Å². The number of rotatable bonds is 4. The zero-order valence-corrected chi connectivity index (χ0v) is 13.5. The third-order valence-corrected chi connectivity index (χ3v) is 4.15. The molecule has 0 radical (unpaired) electrons. The van der Waals surface area contributed by atoms with Crippen LogP contribution in [0, 0.1) is 0 Å². The number of carbonyl (C=O) groups excluding carboxylic acids is 1. The van der Waals surface area contributed by atoms with Crippen LogP contribution in [-0.4, -0.2) is 87.0 Å². The molecular weight excluding hydrogens is 298 g/mol. The fourth-order valence-electron chi connectivity index (χ4n) is 2.83. The first-order valence-electron chi connectivity index (χ1n) is 7.95. The monoisotopic (exact) mass is 321 g/mol. The Morgan fingerprint density at radius 1 is 1.17 bits per heavy atom. The predicted octanol–water partition coefficient (Wildman–Crippen LogP) is -0.392. The second kappa shape index (κ2) is 7.56. The van der Waals surface area contributed by atoms with E-state index >= 15 is 0 Å². The molecular formula is C15H23N5O3. The molecule has 8 heteroatoms. The lowest BCUT2D eigenvalue weighted by Gasteiger charge is -2.35. The molecule has 0 bridgehead atoms. The first kappa shape index (κ1) is 15.9. The van der Waals surface area contributed by atoms with Crippen molar-refractivity contribution in [3.05, 3.63) is 12.3 Å². The Morgan fingerprint density at radius 3 is 2.61 bits per heavy atom. The maximum Gasteiger partial charge on any atom is 0.248 e. The van der Waals surface area contributed by atoms with Crippen LogP contribution in [0.15, 0.2) is 12.3 Å². The normalized spacial score (nSPS) is 19.1. The van der Waals surface area contributed by atoms with Gasteiger partial charge in [0.05, 0.1) is 13.2 Å². The summed E-state index contributed by atoms with van der Waals surface area (Å²) in [5.41, 5.74) is 0. The topological polar surface area (TPSA) is 71.0 Å². The Hall–Kier alpha value is -1.93. The summed E-state index contributed by atoms with van der Waals surface area (Å²) in [4.78, 5) is 27.1. The lowest BCUT2D eigenvalue weighted by molar-refractivity contribution is -0.135. The van der Waals surface area contributed by atoms with E-state index in [1.165, 1.54) is 0 Å². The van der Waals surface area contributed by atoms with E-state index in [4.69, 9.17) is 9.47 Å². The molecule has 8 nitrogen and oxygen atoms in total. The van der Waals surface area contributed by atoms with Gasteiger partial charge in [0.1, 0.15) is 12.4 Å². The minimum atomic E-state index is 0.0452. The highest BCUT2D eigenvalue weighted by Gasteiger charge is 2.22. The van der Waals surface area contributed by atoms with Crippen LogP contribution in [0.5, 0.6) is 0 Å². The van der Waals surface area contributed by atoms with Crippen molar-refractivity contribution in [2.45, 2.75) is 0 Å². The van der Waals surface area contributed by atoms with Gasteiger partial charge in [-0.15, -0.1) is 0 Å². The summed E-state index contributed by atoms with van der Waals surface area (Å²) in [7, 11) is 1.54. The van der Waals surface area contributed by atoms with Crippen molar-refractivity contribution in [3.63, 3.8) is 0 Å². The highest BCUT2D eigenvalue weighted by Crippen LogP contribution is 2.17. The Bertz CT molecular complexity index is 528. The van der Waals surface area contributed by atoms with Gasteiger partial charge in [0.25, 0.3) is 0 Å². The molecule has 2 saturated heterocycles.